The highest BCUT2D eigenvalue weighted by Crippen LogP contribution is 2.35. The van der Waals surface area contributed by atoms with Crippen molar-refractivity contribution in [1.29, 1.82) is 0 Å². The molecule has 0 saturated heterocycles. The zero-order valence-corrected chi connectivity index (χ0v) is 11.6. The van der Waals surface area contributed by atoms with E-state index in [2.05, 4.69) is 24.1 Å². The number of nitrogens with one attached hydrogen (secondary N) is 1. The molecule has 0 aromatic carbocycles. The van der Waals surface area contributed by atoms with Crippen LogP contribution in [0.5, 0.6) is 0 Å². The summed E-state index contributed by atoms with van der Waals surface area (Å²) in [4.78, 5) is 2.64. The molecule has 0 aromatic rings. The molecule has 17 heavy (non-hydrogen) atoms. The molecule has 2 aliphatic carbocycles. The van der Waals surface area contributed by atoms with Gasteiger partial charge in [-0.2, -0.15) is 0 Å². The number of hydrogen-bond acceptors (Lipinski definition) is 3. The Bertz CT molecular complexity index is 226. The first-order valence-corrected chi connectivity index (χ1v) is 7.20. The summed E-state index contributed by atoms with van der Waals surface area (Å²) in [5.74, 6) is 0.940. The molecule has 2 rings (SSSR count). The molecule has 1 N–H and O–H groups in total. The SMILES string of the molecule is COCCN(C(C)CNC1CC1)C(C)C1CC1. The normalized spacial score (nSPS) is 24.0. The number of methoxy groups -OCH3 is 1. The Balaban J connectivity index is 1.77. The largest absolute Gasteiger partial charge is 0.383 e. The number of nitrogens with zero attached hydrogens (tertiary/aromatic N) is 1. The average molecular weight is 240 g/mol. The molecule has 0 amide bonds. The number of ether oxygens (including phenoxy) is 1. The summed E-state index contributed by atoms with van der Waals surface area (Å²) in [5, 5.41) is 3.64. The highest BCUT2D eigenvalue weighted by Gasteiger charge is 2.34. The Morgan fingerprint density at radius 2 is 1.94 bits per heavy atom. The quantitative estimate of drug-likeness (QED) is 0.666. The van der Waals surface area contributed by atoms with E-state index >= 15 is 0 Å². The lowest BCUT2D eigenvalue weighted by molar-refractivity contribution is 0.0867. The van der Waals surface area contributed by atoms with Gasteiger partial charge in [0.15, 0.2) is 0 Å². The highest BCUT2D eigenvalue weighted by atomic mass is 16.5. The van der Waals surface area contributed by atoms with Crippen LogP contribution < -0.4 is 5.32 Å². The molecule has 3 nitrogen and oxygen atoms in total. The highest BCUT2D eigenvalue weighted by molar-refractivity contribution is 4.89. The molecule has 0 aliphatic heterocycles. The third-order valence-electron chi connectivity index (χ3n) is 4.23. The van der Waals surface area contributed by atoms with Crippen LogP contribution >= 0.6 is 0 Å². The van der Waals surface area contributed by atoms with Crippen molar-refractivity contribution < 1.29 is 4.74 Å². The summed E-state index contributed by atoms with van der Waals surface area (Å²) in [6.45, 7) is 7.79. The van der Waals surface area contributed by atoms with E-state index < -0.39 is 0 Å². The third-order valence-corrected chi connectivity index (χ3v) is 4.23. The maximum atomic E-state index is 5.25. The van der Waals surface area contributed by atoms with Crippen LogP contribution in [0, 0.1) is 5.92 Å². The van der Waals surface area contributed by atoms with Gasteiger partial charge in [0.25, 0.3) is 0 Å². The second kappa shape index (κ2) is 6.17. The number of hydrogen-bond donors (Lipinski definition) is 1. The lowest BCUT2D eigenvalue weighted by Crippen LogP contribution is -2.47. The van der Waals surface area contributed by atoms with Crippen molar-refractivity contribution in [3.8, 4) is 0 Å². The summed E-state index contributed by atoms with van der Waals surface area (Å²) in [6.07, 6.45) is 5.60. The standard InChI is InChI=1S/C14H28N2O/c1-11(10-15-14-6-7-14)16(8-9-17-3)12(2)13-4-5-13/h11-15H,4-10H2,1-3H3. The van der Waals surface area contributed by atoms with E-state index in [1.165, 1.54) is 25.7 Å². The summed E-state index contributed by atoms with van der Waals surface area (Å²) in [7, 11) is 1.80. The minimum atomic E-state index is 0.626. The Morgan fingerprint density at radius 3 is 2.47 bits per heavy atom. The molecule has 2 atom stereocenters. The fraction of sp³-hybridized carbons (Fsp3) is 1.00. The van der Waals surface area contributed by atoms with E-state index in [-0.39, 0.29) is 0 Å². The van der Waals surface area contributed by atoms with Gasteiger partial charge in [0, 0.05) is 38.3 Å². The van der Waals surface area contributed by atoms with Crippen LogP contribution in [0.2, 0.25) is 0 Å². The van der Waals surface area contributed by atoms with Crippen LogP contribution in [0.3, 0.4) is 0 Å². The van der Waals surface area contributed by atoms with Crippen LogP contribution in [0.4, 0.5) is 0 Å². The Kier molecular flexibility index (Phi) is 4.83. The van der Waals surface area contributed by atoms with Crippen LogP contribution in [-0.2, 0) is 4.74 Å². The fourth-order valence-electron chi connectivity index (χ4n) is 2.61. The number of rotatable bonds is 9. The van der Waals surface area contributed by atoms with E-state index in [1.807, 2.05) is 0 Å². The van der Waals surface area contributed by atoms with Gasteiger partial charge in [-0.1, -0.05) is 0 Å². The van der Waals surface area contributed by atoms with E-state index in [9.17, 15) is 0 Å². The maximum Gasteiger partial charge on any atom is 0.0589 e. The molecule has 0 radical (unpaired) electrons. The lowest BCUT2D eigenvalue weighted by atomic mass is 10.1. The molecule has 0 aromatic heterocycles. The summed E-state index contributed by atoms with van der Waals surface area (Å²) in [6, 6.07) is 2.17. The second-order valence-electron chi connectivity index (χ2n) is 5.84. The predicted octanol–water partition coefficient (Wildman–Crippen LogP) is 1.87. The lowest BCUT2D eigenvalue weighted by Gasteiger charge is -2.35. The molecule has 3 heteroatoms. The van der Waals surface area contributed by atoms with Crippen molar-refractivity contribution in [2.45, 2.75) is 57.7 Å². The molecule has 2 aliphatic rings. The Labute approximate surface area is 106 Å². The molecular formula is C14H28N2O. The van der Waals surface area contributed by atoms with E-state index in [1.54, 1.807) is 7.11 Å². The maximum absolute atomic E-state index is 5.25. The summed E-state index contributed by atoms with van der Waals surface area (Å²) >= 11 is 0. The van der Waals surface area contributed by atoms with Crippen molar-refractivity contribution in [2.24, 2.45) is 5.92 Å². The monoisotopic (exact) mass is 240 g/mol. The summed E-state index contributed by atoms with van der Waals surface area (Å²) < 4.78 is 5.25. The average Bonchev–Trinajstić information content (AvgIpc) is 3.19. The van der Waals surface area contributed by atoms with Crippen molar-refractivity contribution in [1.82, 2.24) is 10.2 Å². The fourth-order valence-corrected chi connectivity index (χ4v) is 2.61. The topological polar surface area (TPSA) is 24.5 Å². The van der Waals surface area contributed by atoms with Crippen LogP contribution in [0.1, 0.15) is 39.5 Å². The zero-order valence-electron chi connectivity index (χ0n) is 11.6. The molecule has 2 unspecified atom stereocenters. The van der Waals surface area contributed by atoms with Gasteiger partial charge in [-0.25, -0.2) is 0 Å². The zero-order chi connectivity index (χ0) is 12.3. The predicted molar refractivity (Wildman–Crippen MR) is 71.3 cm³/mol. The van der Waals surface area contributed by atoms with E-state index in [0.29, 0.717) is 6.04 Å². The van der Waals surface area contributed by atoms with Crippen LogP contribution in [-0.4, -0.2) is 49.8 Å². The van der Waals surface area contributed by atoms with Gasteiger partial charge in [0.2, 0.25) is 0 Å². The minimum Gasteiger partial charge on any atom is -0.383 e. The van der Waals surface area contributed by atoms with E-state index in [0.717, 1.165) is 37.7 Å². The second-order valence-corrected chi connectivity index (χ2v) is 5.84. The third kappa shape index (κ3) is 4.23. The van der Waals surface area contributed by atoms with Gasteiger partial charge in [0.1, 0.15) is 0 Å². The molecule has 0 spiro atoms. The van der Waals surface area contributed by atoms with Gasteiger partial charge in [0.05, 0.1) is 6.61 Å². The van der Waals surface area contributed by atoms with Crippen LogP contribution in [0.25, 0.3) is 0 Å². The molecular weight excluding hydrogens is 212 g/mol. The van der Waals surface area contributed by atoms with Crippen molar-refractivity contribution in [3.63, 3.8) is 0 Å². The van der Waals surface area contributed by atoms with E-state index in [4.69, 9.17) is 4.74 Å². The smallest absolute Gasteiger partial charge is 0.0589 e. The van der Waals surface area contributed by atoms with Gasteiger partial charge >= 0.3 is 0 Å². The first-order valence-electron chi connectivity index (χ1n) is 7.20. The van der Waals surface area contributed by atoms with Crippen molar-refractivity contribution in [3.05, 3.63) is 0 Å². The Hall–Kier alpha value is -0.120. The molecule has 2 saturated carbocycles. The molecule has 0 bridgehead atoms. The minimum absolute atomic E-state index is 0.626. The molecule has 2 fully saturated rings. The van der Waals surface area contributed by atoms with Crippen molar-refractivity contribution >= 4 is 0 Å². The van der Waals surface area contributed by atoms with Gasteiger partial charge in [-0.05, 0) is 45.4 Å². The molecule has 100 valence electrons. The first kappa shape index (κ1) is 13.3. The van der Waals surface area contributed by atoms with Gasteiger partial charge < -0.3 is 10.1 Å². The first-order chi connectivity index (χ1) is 8.22. The van der Waals surface area contributed by atoms with Gasteiger partial charge in [-0.3, -0.25) is 4.90 Å². The Morgan fingerprint density at radius 1 is 1.24 bits per heavy atom. The molecule has 0 heterocycles. The van der Waals surface area contributed by atoms with Crippen LogP contribution in [0.15, 0.2) is 0 Å². The van der Waals surface area contributed by atoms with Crippen molar-refractivity contribution in [2.75, 3.05) is 26.8 Å². The summed E-state index contributed by atoms with van der Waals surface area (Å²) in [5.41, 5.74) is 0. The van der Waals surface area contributed by atoms with Gasteiger partial charge in [-0.15, -0.1) is 0 Å².